The molecule has 0 saturated carbocycles. The van der Waals surface area contributed by atoms with Gasteiger partial charge in [0.1, 0.15) is 17.6 Å². The molecule has 1 N–H and O–H groups in total. The van der Waals surface area contributed by atoms with Crippen LogP contribution in [0.4, 0.5) is 15.8 Å². The van der Waals surface area contributed by atoms with Crippen LogP contribution in [0.1, 0.15) is 6.42 Å². The summed E-state index contributed by atoms with van der Waals surface area (Å²) in [6.45, 7) is 0. The molecule has 23 heavy (non-hydrogen) atoms. The average molecular weight is 314 g/mol. The van der Waals surface area contributed by atoms with Gasteiger partial charge in [0, 0.05) is 11.8 Å². The number of carbonyl (C=O) groups excluding carboxylic acids is 2. The van der Waals surface area contributed by atoms with E-state index < -0.39 is 11.9 Å². The molecule has 2 aromatic carbocycles. The minimum Gasteiger partial charge on any atom is -0.497 e. The Balaban J connectivity index is 1.82. The van der Waals surface area contributed by atoms with E-state index in [0.29, 0.717) is 17.1 Å². The Morgan fingerprint density at radius 1 is 1.17 bits per heavy atom. The third-order valence-electron chi connectivity index (χ3n) is 3.62. The van der Waals surface area contributed by atoms with E-state index in [4.69, 9.17) is 4.74 Å². The fourth-order valence-electron chi connectivity index (χ4n) is 2.54. The van der Waals surface area contributed by atoms with Gasteiger partial charge in [0.05, 0.1) is 19.2 Å². The summed E-state index contributed by atoms with van der Waals surface area (Å²) in [5.74, 6) is -0.522. The van der Waals surface area contributed by atoms with Crippen LogP contribution >= 0.6 is 0 Å². The Morgan fingerprint density at radius 3 is 2.70 bits per heavy atom. The highest BCUT2D eigenvalue weighted by Gasteiger charge is 2.39. The zero-order valence-corrected chi connectivity index (χ0v) is 12.5. The van der Waals surface area contributed by atoms with E-state index in [1.165, 1.54) is 19.2 Å². The van der Waals surface area contributed by atoms with Gasteiger partial charge in [-0.25, -0.2) is 9.29 Å². The summed E-state index contributed by atoms with van der Waals surface area (Å²) in [5, 5.41) is 2.91. The molecule has 1 aliphatic rings. The van der Waals surface area contributed by atoms with Crippen molar-refractivity contribution in [2.45, 2.75) is 12.5 Å². The maximum Gasteiger partial charge on any atom is 0.256 e. The second-order valence-corrected chi connectivity index (χ2v) is 5.18. The number of carbonyl (C=O) groups is 2. The van der Waals surface area contributed by atoms with Crippen LogP contribution in [0.5, 0.6) is 5.75 Å². The van der Waals surface area contributed by atoms with Crippen molar-refractivity contribution >= 4 is 23.2 Å². The van der Waals surface area contributed by atoms with Crippen molar-refractivity contribution in [2.24, 2.45) is 0 Å². The predicted octanol–water partition coefficient (Wildman–Crippen LogP) is 2.58. The maximum absolute atomic E-state index is 13.2. The highest BCUT2D eigenvalue weighted by molar-refractivity contribution is 6.23. The Bertz CT molecular complexity index is 763. The van der Waals surface area contributed by atoms with E-state index in [1.54, 1.807) is 36.4 Å². The van der Waals surface area contributed by atoms with Crippen LogP contribution in [-0.2, 0) is 9.59 Å². The third kappa shape index (κ3) is 3.01. The van der Waals surface area contributed by atoms with Crippen LogP contribution < -0.4 is 15.0 Å². The molecule has 3 rings (SSSR count). The molecule has 0 bridgehead atoms. The largest absolute Gasteiger partial charge is 0.497 e. The van der Waals surface area contributed by atoms with Crippen molar-refractivity contribution in [2.75, 3.05) is 17.3 Å². The van der Waals surface area contributed by atoms with Crippen LogP contribution in [0.3, 0.4) is 0 Å². The van der Waals surface area contributed by atoms with E-state index in [1.807, 2.05) is 0 Å². The molecule has 5 nitrogen and oxygen atoms in total. The molecular weight excluding hydrogens is 299 g/mol. The van der Waals surface area contributed by atoms with Gasteiger partial charge in [0.2, 0.25) is 5.91 Å². The SMILES string of the molecule is COc1cccc(N2C(=O)C[C@@H](Nc3cccc(F)c3)C2=O)c1. The molecule has 0 radical (unpaired) electrons. The summed E-state index contributed by atoms with van der Waals surface area (Å²) in [5.41, 5.74) is 0.923. The van der Waals surface area contributed by atoms with Gasteiger partial charge in [-0.15, -0.1) is 0 Å². The number of hydrogen-bond donors (Lipinski definition) is 1. The molecule has 2 aromatic rings. The molecule has 2 amide bonds. The van der Waals surface area contributed by atoms with E-state index in [0.717, 1.165) is 4.90 Å². The lowest BCUT2D eigenvalue weighted by atomic mass is 10.2. The number of amides is 2. The van der Waals surface area contributed by atoms with Gasteiger partial charge in [-0.2, -0.15) is 0 Å². The van der Waals surface area contributed by atoms with Crippen LogP contribution in [0.15, 0.2) is 48.5 Å². The third-order valence-corrected chi connectivity index (χ3v) is 3.62. The maximum atomic E-state index is 13.2. The van der Waals surface area contributed by atoms with E-state index in [-0.39, 0.29) is 18.2 Å². The van der Waals surface area contributed by atoms with Gasteiger partial charge in [-0.05, 0) is 30.3 Å². The molecule has 1 aliphatic heterocycles. The van der Waals surface area contributed by atoms with Crippen LogP contribution in [0.25, 0.3) is 0 Å². The summed E-state index contributed by atoms with van der Waals surface area (Å²) in [6, 6.07) is 11.8. The molecule has 1 fully saturated rings. The lowest BCUT2D eigenvalue weighted by Crippen LogP contribution is -2.34. The Labute approximate surface area is 132 Å². The van der Waals surface area contributed by atoms with Crippen LogP contribution in [0.2, 0.25) is 0 Å². The summed E-state index contributed by atoms with van der Waals surface area (Å²) < 4.78 is 18.3. The highest BCUT2D eigenvalue weighted by Crippen LogP contribution is 2.27. The normalized spacial score (nSPS) is 17.5. The molecule has 1 saturated heterocycles. The lowest BCUT2D eigenvalue weighted by molar-refractivity contribution is -0.121. The Hall–Kier alpha value is -2.89. The number of nitrogens with zero attached hydrogens (tertiary/aromatic N) is 1. The first-order valence-electron chi connectivity index (χ1n) is 7.11. The fourth-order valence-corrected chi connectivity index (χ4v) is 2.54. The van der Waals surface area contributed by atoms with Crippen molar-refractivity contribution in [3.63, 3.8) is 0 Å². The Kier molecular flexibility index (Phi) is 3.97. The van der Waals surface area contributed by atoms with Crippen molar-refractivity contribution < 1.29 is 18.7 Å². The number of nitrogens with one attached hydrogen (secondary N) is 1. The first-order valence-corrected chi connectivity index (χ1v) is 7.11. The van der Waals surface area contributed by atoms with Crippen molar-refractivity contribution in [1.29, 1.82) is 0 Å². The molecule has 0 aliphatic carbocycles. The minimum absolute atomic E-state index is 0.0204. The number of halogens is 1. The van der Waals surface area contributed by atoms with Crippen molar-refractivity contribution in [3.05, 3.63) is 54.3 Å². The number of rotatable bonds is 4. The molecule has 118 valence electrons. The molecule has 1 atom stereocenters. The van der Waals surface area contributed by atoms with Crippen molar-refractivity contribution in [1.82, 2.24) is 0 Å². The minimum atomic E-state index is -0.712. The fraction of sp³-hybridized carbons (Fsp3) is 0.176. The Morgan fingerprint density at radius 2 is 1.96 bits per heavy atom. The molecule has 0 spiro atoms. The molecule has 6 heteroatoms. The van der Waals surface area contributed by atoms with E-state index in [2.05, 4.69) is 5.32 Å². The predicted molar refractivity (Wildman–Crippen MR) is 83.9 cm³/mol. The monoisotopic (exact) mass is 314 g/mol. The first kappa shape index (κ1) is 15.0. The molecule has 1 heterocycles. The number of hydrogen-bond acceptors (Lipinski definition) is 4. The van der Waals surface area contributed by atoms with Gasteiger partial charge in [0.25, 0.3) is 5.91 Å². The van der Waals surface area contributed by atoms with Gasteiger partial charge < -0.3 is 10.1 Å². The average Bonchev–Trinajstić information content (AvgIpc) is 2.81. The number of imide groups is 1. The number of benzene rings is 2. The second kappa shape index (κ2) is 6.08. The summed E-state index contributed by atoms with van der Waals surface area (Å²) in [4.78, 5) is 25.8. The van der Waals surface area contributed by atoms with Gasteiger partial charge in [-0.3, -0.25) is 9.59 Å². The quantitative estimate of drug-likeness (QED) is 0.881. The van der Waals surface area contributed by atoms with Crippen LogP contribution in [0, 0.1) is 5.82 Å². The topological polar surface area (TPSA) is 58.6 Å². The molecule has 0 aromatic heterocycles. The summed E-state index contributed by atoms with van der Waals surface area (Å²) in [6.07, 6.45) is 0.0204. The summed E-state index contributed by atoms with van der Waals surface area (Å²) >= 11 is 0. The molecular formula is C17H15FN2O3. The highest BCUT2D eigenvalue weighted by atomic mass is 19.1. The number of ether oxygens (including phenoxy) is 1. The van der Waals surface area contributed by atoms with E-state index >= 15 is 0 Å². The zero-order chi connectivity index (χ0) is 16.4. The second-order valence-electron chi connectivity index (χ2n) is 5.18. The van der Waals surface area contributed by atoms with Gasteiger partial charge in [-0.1, -0.05) is 12.1 Å². The smallest absolute Gasteiger partial charge is 0.256 e. The number of anilines is 2. The van der Waals surface area contributed by atoms with E-state index in [9.17, 15) is 14.0 Å². The van der Waals surface area contributed by atoms with Crippen molar-refractivity contribution in [3.8, 4) is 5.75 Å². The number of methoxy groups -OCH3 is 1. The summed E-state index contributed by atoms with van der Waals surface area (Å²) in [7, 11) is 1.51. The lowest BCUT2D eigenvalue weighted by Gasteiger charge is -2.16. The zero-order valence-electron chi connectivity index (χ0n) is 12.5. The molecule has 0 unspecified atom stereocenters. The standard InChI is InChI=1S/C17H15FN2O3/c1-23-14-7-3-6-13(9-14)20-16(21)10-15(17(20)22)19-12-5-2-4-11(18)8-12/h2-9,15,19H,10H2,1H3/t15-/m1/s1. The van der Waals surface area contributed by atoms with Gasteiger partial charge >= 0.3 is 0 Å². The first-order chi connectivity index (χ1) is 11.1. The van der Waals surface area contributed by atoms with Gasteiger partial charge in [0.15, 0.2) is 0 Å². The van der Waals surface area contributed by atoms with Crippen LogP contribution in [-0.4, -0.2) is 25.0 Å².